The second-order valence-electron chi connectivity index (χ2n) is 3.74. The molecule has 0 aliphatic carbocycles. The predicted molar refractivity (Wildman–Crippen MR) is 62.4 cm³/mol. The molecule has 1 aromatic rings. The van der Waals surface area contributed by atoms with Gasteiger partial charge in [0.2, 0.25) is 5.91 Å². The van der Waals surface area contributed by atoms with Crippen LogP contribution in [-0.4, -0.2) is 34.2 Å². The van der Waals surface area contributed by atoms with E-state index in [-0.39, 0.29) is 25.3 Å². The topological polar surface area (TPSA) is 129 Å². The lowest BCUT2D eigenvalue weighted by Crippen LogP contribution is -2.40. The summed E-state index contributed by atoms with van der Waals surface area (Å²) in [4.78, 5) is 32.5. The second-order valence-corrected chi connectivity index (χ2v) is 3.74. The van der Waals surface area contributed by atoms with Gasteiger partial charge in [-0.2, -0.15) is 0 Å². The van der Waals surface area contributed by atoms with E-state index in [0.717, 1.165) is 0 Å². The Morgan fingerprint density at radius 3 is 2.58 bits per heavy atom. The number of nitrogens with one attached hydrogen (secondary N) is 2. The third kappa shape index (κ3) is 5.57. The van der Waals surface area contributed by atoms with E-state index >= 15 is 0 Å². The van der Waals surface area contributed by atoms with Gasteiger partial charge in [0.1, 0.15) is 11.8 Å². The molecule has 0 bridgehead atoms. The first-order valence-corrected chi connectivity index (χ1v) is 5.50. The average molecular weight is 270 g/mol. The number of amides is 2. The van der Waals surface area contributed by atoms with Crippen LogP contribution in [0, 0.1) is 0 Å². The third-order valence-corrected chi connectivity index (χ3v) is 2.30. The van der Waals surface area contributed by atoms with Gasteiger partial charge in [0, 0.05) is 6.42 Å². The van der Waals surface area contributed by atoms with Crippen molar-refractivity contribution >= 4 is 18.0 Å². The largest absolute Gasteiger partial charge is 0.480 e. The highest BCUT2D eigenvalue weighted by Crippen LogP contribution is 2.01. The van der Waals surface area contributed by atoms with Crippen molar-refractivity contribution in [2.24, 2.45) is 0 Å². The van der Waals surface area contributed by atoms with Gasteiger partial charge in [-0.1, -0.05) is 0 Å². The molecule has 4 N–H and O–H groups in total. The molecule has 0 spiro atoms. The van der Waals surface area contributed by atoms with Gasteiger partial charge in [0.25, 0.3) is 0 Å². The van der Waals surface area contributed by atoms with Crippen LogP contribution < -0.4 is 10.6 Å². The summed E-state index contributed by atoms with van der Waals surface area (Å²) in [6.07, 6.45) is -0.189. The molecule has 1 rings (SSSR count). The lowest BCUT2D eigenvalue weighted by Gasteiger charge is -2.11. The molecule has 19 heavy (non-hydrogen) atoms. The van der Waals surface area contributed by atoms with Crippen LogP contribution in [0.3, 0.4) is 0 Å². The minimum absolute atomic E-state index is 0.0993. The number of carbonyl (C=O) groups is 3. The summed E-state index contributed by atoms with van der Waals surface area (Å²) in [5, 5.41) is 21.5. The molecule has 0 saturated carbocycles. The molecule has 8 nitrogen and oxygen atoms in total. The summed E-state index contributed by atoms with van der Waals surface area (Å²) in [5.41, 5.74) is 0. The van der Waals surface area contributed by atoms with E-state index < -0.39 is 18.1 Å². The SMILES string of the molecule is O=C(O)NC(CCC(=O)NCc1ccco1)C(=O)O. The first-order valence-electron chi connectivity index (χ1n) is 5.50. The van der Waals surface area contributed by atoms with Crippen LogP contribution in [-0.2, 0) is 16.1 Å². The van der Waals surface area contributed by atoms with E-state index in [1.165, 1.54) is 6.26 Å². The van der Waals surface area contributed by atoms with Gasteiger partial charge in [-0.15, -0.1) is 0 Å². The van der Waals surface area contributed by atoms with Gasteiger partial charge in [-0.25, -0.2) is 9.59 Å². The number of carboxylic acid groups (broad SMARTS) is 2. The molecule has 0 radical (unpaired) electrons. The zero-order chi connectivity index (χ0) is 14.3. The number of carbonyl (C=O) groups excluding carboxylic acids is 1. The number of rotatable bonds is 7. The van der Waals surface area contributed by atoms with Crippen molar-refractivity contribution < 1.29 is 29.0 Å². The number of hydrogen-bond donors (Lipinski definition) is 4. The molecule has 2 amide bonds. The van der Waals surface area contributed by atoms with Crippen molar-refractivity contribution in [3.8, 4) is 0 Å². The zero-order valence-electron chi connectivity index (χ0n) is 9.96. The fraction of sp³-hybridized carbons (Fsp3) is 0.364. The number of hydrogen-bond acceptors (Lipinski definition) is 4. The van der Waals surface area contributed by atoms with Crippen molar-refractivity contribution in [2.45, 2.75) is 25.4 Å². The average Bonchev–Trinajstić information content (AvgIpc) is 2.84. The molecule has 104 valence electrons. The molecular weight excluding hydrogens is 256 g/mol. The van der Waals surface area contributed by atoms with Crippen LogP contribution in [0.25, 0.3) is 0 Å². The molecule has 0 aliphatic rings. The molecule has 1 unspecified atom stereocenters. The molecule has 0 saturated heterocycles. The van der Waals surface area contributed by atoms with E-state index in [4.69, 9.17) is 14.6 Å². The van der Waals surface area contributed by atoms with Crippen LogP contribution in [0.2, 0.25) is 0 Å². The fourth-order valence-electron chi connectivity index (χ4n) is 1.37. The third-order valence-electron chi connectivity index (χ3n) is 2.30. The van der Waals surface area contributed by atoms with E-state index in [9.17, 15) is 14.4 Å². The van der Waals surface area contributed by atoms with Crippen LogP contribution in [0.5, 0.6) is 0 Å². The van der Waals surface area contributed by atoms with Crippen LogP contribution in [0.1, 0.15) is 18.6 Å². The highest BCUT2D eigenvalue weighted by molar-refractivity contribution is 5.81. The smallest absolute Gasteiger partial charge is 0.405 e. The Labute approximate surface area is 108 Å². The first kappa shape index (κ1) is 14.6. The van der Waals surface area contributed by atoms with Gasteiger partial charge >= 0.3 is 12.1 Å². The zero-order valence-corrected chi connectivity index (χ0v) is 9.96. The minimum Gasteiger partial charge on any atom is -0.480 e. The molecule has 1 atom stereocenters. The molecular formula is C11H14N2O6. The number of carboxylic acids is 1. The maximum Gasteiger partial charge on any atom is 0.405 e. The van der Waals surface area contributed by atoms with Crippen molar-refractivity contribution in [2.75, 3.05) is 0 Å². The Morgan fingerprint density at radius 1 is 1.32 bits per heavy atom. The van der Waals surface area contributed by atoms with Crippen molar-refractivity contribution in [1.29, 1.82) is 0 Å². The van der Waals surface area contributed by atoms with Crippen LogP contribution >= 0.6 is 0 Å². The van der Waals surface area contributed by atoms with Gasteiger partial charge in [0.05, 0.1) is 12.8 Å². The normalized spacial score (nSPS) is 11.6. The number of furan rings is 1. The summed E-state index contributed by atoms with van der Waals surface area (Å²) in [6, 6.07) is 2.07. The monoisotopic (exact) mass is 270 g/mol. The molecule has 1 aromatic heterocycles. The highest BCUT2D eigenvalue weighted by atomic mass is 16.4. The van der Waals surface area contributed by atoms with E-state index in [0.29, 0.717) is 5.76 Å². The van der Waals surface area contributed by atoms with E-state index in [2.05, 4.69) is 5.32 Å². The molecule has 0 aliphatic heterocycles. The first-order chi connectivity index (χ1) is 8.99. The van der Waals surface area contributed by atoms with Gasteiger partial charge in [0.15, 0.2) is 0 Å². The molecule has 0 aromatic carbocycles. The number of aliphatic carboxylic acids is 1. The summed E-state index contributed by atoms with van der Waals surface area (Å²) < 4.78 is 5.00. The van der Waals surface area contributed by atoms with Crippen LogP contribution in [0.15, 0.2) is 22.8 Å². The minimum atomic E-state index is -1.44. The predicted octanol–water partition coefficient (Wildman–Crippen LogP) is 0.397. The van der Waals surface area contributed by atoms with E-state index in [1.54, 1.807) is 12.1 Å². The van der Waals surface area contributed by atoms with Gasteiger partial charge in [-0.3, -0.25) is 4.79 Å². The van der Waals surface area contributed by atoms with Crippen LogP contribution in [0.4, 0.5) is 4.79 Å². The molecule has 0 fully saturated rings. The Balaban J connectivity index is 2.31. The summed E-state index contributed by atoms with van der Waals surface area (Å²) in [5.74, 6) is -1.12. The summed E-state index contributed by atoms with van der Waals surface area (Å²) >= 11 is 0. The van der Waals surface area contributed by atoms with Crippen molar-refractivity contribution in [1.82, 2.24) is 10.6 Å². The maximum atomic E-state index is 11.4. The lowest BCUT2D eigenvalue weighted by molar-refractivity contribution is -0.139. The molecule has 8 heteroatoms. The Kier molecular flexibility index (Phi) is 5.39. The van der Waals surface area contributed by atoms with Gasteiger partial charge < -0.3 is 25.3 Å². The van der Waals surface area contributed by atoms with Gasteiger partial charge in [-0.05, 0) is 18.6 Å². The quantitative estimate of drug-likeness (QED) is 0.567. The maximum absolute atomic E-state index is 11.4. The Bertz CT molecular complexity index is 442. The fourth-order valence-corrected chi connectivity index (χ4v) is 1.37. The Morgan fingerprint density at radius 2 is 2.05 bits per heavy atom. The molecule has 1 heterocycles. The summed E-state index contributed by atoms with van der Waals surface area (Å²) in [6.45, 7) is 0.204. The Hall–Kier alpha value is -2.51. The summed E-state index contributed by atoms with van der Waals surface area (Å²) in [7, 11) is 0. The van der Waals surface area contributed by atoms with E-state index in [1.807, 2.05) is 5.32 Å². The second kappa shape index (κ2) is 7.04. The van der Waals surface area contributed by atoms with Crippen molar-refractivity contribution in [3.63, 3.8) is 0 Å². The highest BCUT2D eigenvalue weighted by Gasteiger charge is 2.20. The standard InChI is InChI=1S/C11H14N2O6/c14-9(12-6-7-2-1-5-19-7)4-3-8(10(15)16)13-11(17)18/h1-2,5,8,13H,3-4,6H2,(H,12,14)(H,15,16)(H,17,18). The van der Waals surface area contributed by atoms with Crippen molar-refractivity contribution in [3.05, 3.63) is 24.2 Å². The lowest BCUT2D eigenvalue weighted by atomic mass is 10.1.